The summed E-state index contributed by atoms with van der Waals surface area (Å²) < 4.78 is 1.37. The van der Waals surface area contributed by atoms with E-state index in [4.69, 9.17) is 0 Å². The van der Waals surface area contributed by atoms with Crippen molar-refractivity contribution in [1.29, 1.82) is 0 Å². The lowest BCUT2D eigenvalue weighted by Crippen LogP contribution is -2.37. The average Bonchev–Trinajstić information content (AvgIpc) is 2.63. The van der Waals surface area contributed by atoms with Gasteiger partial charge in [0.05, 0.1) is 0 Å². The molecule has 15 heavy (non-hydrogen) atoms. The Morgan fingerprint density at radius 1 is 1.73 bits per heavy atom. The van der Waals surface area contributed by atoms with Gasteiger partial charge in [0.25, 0.3) is 0 Å². The standard InChI is InChI=1S/C12H16INO/c1-2-9(13)8-14-7-6-10-11(14)4-3-5-12(10)15/h2-3,5,10-11H,4,6-8H2,1H3/b9-2-/t10-,11-/m0/s1. The van der Waals surface area contributed by atoms with Crippen LogP contribution < -0.4 is 0 Å². The molecule has 2 nitrogen and oxygen atoms in total. The fraction of sp³-hybridized carbons (Fsp3) is 0.583. The van der Waals surface area contributed by atoms with Gasteiger partial charge in [-0.2, -0.15) is 0 Å². The normalized spacial score (nSPS) is 32.1. The van der Waals surface area contributed by atoms with Crippen LogP contribution in [-0.2, 0) is 4.79 Å². The number of hydrogen-bond acceptors (Lipinski definition) is 2. The third-order valence-electron chi connectivity index (χ3n) is 3.35. The Labute approximate surface area is 105 Å². The molecule has 0 aromatic heterocycles. The van der Waals surface area contributed by atoms with Crippen LogP contribution in [0.25, 0.3) is 0 Å². The number of rotatable bonds is 2. The highest BCUT2D eigenvalue weighted by Gasteiger charge is 2.38. The molecule has 1 heterocycles. The number of carbonyl (C=O) groups is 1. The van der Waals surface area contributed by atoms with E-state index in [2.05, 4.69) is 40.5 Å². The molecule has 3 heteroatoms. The van der Waals surface area contributed by atoms with E-state index in [1.807, 2.05) is 6.08 Å². The minimum Gasteiger partial charge on any atom is -0.295 e. The Morgan fingerprint density at radius 2 is 2.53 bits per heavy atom. The third-order valence-corrected chi connectivity index (χ3v) is 4.32. The van der Waals surface area contributed by atoms with Gasteiger partial charge in [-0.3, -0.25) is 9.69 Å². The van der Waals surface area contributed by atoms with Crippen molar-refractivity contribution in [2.75, 3.05) is 13.1 Å². The van der Waals surface area contributed by atoms with Crippen LogP contribution >= 0.6 is 22.6 Å². The Hall–Kier alpha value is -0.160. The van der Waals surface area contributed by atoms with Crippen LogP contribution in [0.5, 0.6) is 0 Å². The van der Waals surface area contributed by atoms with Crippen molar-refractivity contribution < 1.29 is 4.79 Å². The largest absolute Gasteiger partial charge is 0.295 e. The van der Waals surface area contributed by atoms with Gasteiger partial charge >= 0.3 is 0 Å². The first-order valence-corrected chi connectivity index (χ1v) is 6.55. The van der Waals surface area contributed by atoms with E-state index in [0.717, 1.165) is 25.9 Å². The van der Waals surface area contributed by atoms with Gasteiger partial charge in [0.1, 0.15) is 0 Å². The van der Waals surface area contributed by atoms with E-state index in [9.17, 15) is 4.79 Å². The van der Waals surface area contributed by atoms with E-state index < -0.39 is 0 Å². The molecule has 1 aliphatic carbocycles. The van der Waals surface area contributed by atoms with Crippen molar-refractivity contribution in [3.8, 4) is 0 Å². The number of carbonyl (C=O) groups excluding carboxylic acids is 1. The van der Waals surface area contributed by atoms with Gasteiger partial charge in [-0.1, -0.05) is 12.2 Å². The van der Waals surface area contributed by atoms with Crippen molar-refractivity contribution in [2.24, 2.45) is 5.92 Å². The minimum atomic E-state index is 0.274. The molecular weight excluding hydrogens is 301 g/mol. The third kappa shape index (κ3) is 2.33. The maximum Gasteiger partial charge on any atom is 0.160 e. The zero-order chi connectivity index (χ0) is 10.8. The van der Waals surface area contributed by atoms with Gasteiger partial charge in [-0.05, 0) is 55.0 Å². The predicted octanol–water partition coefficient (Wildman–Crippen LogP) is 2.54. The number of hydrogen-bond donors (Lipinski definition) is 0. The molecule has 1 saturated heterocycles. The first-order chi connectivity index (χ1) is 7.22. The summed E-state index contributed by atoms with van der Waals surface area (Å²) in [5.41, 5.74) is 0. The fourth-order valence-corrected chi connectivity index (χ4v) is 2.93. The maximum absolute atomic E-state index is 11.6. The zero-order valence-corrected chi connectivity index (χ0v) is 11.1. The van der Waals surface area contributed by atoms with Crippen LogP contribution in [-0.4, -0.2) is 29.8 Å². The summed E-state index contributed by atoms with van der Waals surface area (Å²) in [7, 11) is 0. The van der Waals surface area contributed by atoms with E-state index in [-0.39, 0.29) is 5.92 Å². The highest BCUT2D eigenvalue weighted by molar-refractivity contribution is 14.1. The Bertz CT molecular complexity index is 322. The number of allylic oxidation sites excluding steroid dienone is 2. The molecule has 0 saturated carbocycles. The molecule has 0 bridgehead atoms. The molecule has 0 aromatic carbocycles. The Kier molecular flexibility index (Phi) is 3.61. The van der Waals surface area contributed by atoms with Gasteiger partial charge in [0.2, 0.25) is 0 Å². The lowest BCUT2D eigenvalue weighted by molar-refractivity contribution is -0.119. The molecule has 2 rings (SSSR count). The predicted molar refractivity (Wildman–Crippen MR) is 70.0 cm³/mol. The second-order valence-corrected chi connectivity index (χ2v) is 5.59. The van der Waals surface area contributed by atoms with E-state index in [1.54, 1.807) is 6.08 Å². The molecular formula is C12H16INO. The molecule has 0 unspecified atom stereocenters. The summed E-state index contributed by atoms with van der Waals surface area (Å²) in [5.74, 6) is 0.611. The number of fused-ring (bicyclic) bond motifs is 1. The summed E-state index contributed by atoms with van der Waals surface area (Å²) in [6.07, 6.45) is 8.04. The number of ketones is 1. The van der Waals surface area contributed by atoms with Crippen LogP contribution in [0.3, 0.4) is 0 Å². The zero-order valence-electron chi connectivity index (χ0n) is 8.95. The summed E-state index contributed by atoms with van der Waals surface area (Å²) in [6, 6.07) is 0.465. The SMILES string of the molecule is C/C=C(\I)CN1CC[C@@H]2C(=O)C=CC[C@@H]21. The first kappa shape index (κ1) is 11.3. The molecule has 0 N–H and O–H groups in total. The highest BCUT2D eigenvalue weighted by atomic mass is 127. The second kappa shape index (κ2) is 4.78. The molecule has 2 aliphatic rings. The number of likely N-dealkylation sites (tertiary alicyclic amines) is 1. The second-order valence-electron chi connectivity index (χ2n) is 4.21. The summed E-state index contributed by atoms with van der Waals surface area (Å²) in [5, 5.41) is 0. The quantitative estimate of drug-likeness (QED) is 0.730. The Balaban J connectivity index is 2.06. The van der Waals surface area contributed by atoms with Gasteiger partial charge in [0.15, 0.2) is 5.78 Å². The molecule has 0 radical (unpaired) electrons. The molecule has 0 amide bonds. The minimum absolute atomic E-state index is 0.274. The smallest absolute Gasteiger partial charge is 0.160 e. The fourth-order valence-electron chi connectivity index (χ4n) is 2.49. The summed E-state index contributed by atoms with van der Waals surface area (Å²) in [4.78, 5) is 14.1. The van der Waals surface area contributed by atoms with E-state index >= 15 is 0 Å². The van der Waals surface area contributed by atoms with Gasteiger partial charge < -0.3 is 0 Å². The van der Waals surface area contributed by atoms with Crippen molar-refractivity contribution in [3.05, 3.63) is 21.8 Å². The van der Waals surface area contributed by atoms with Crippen LogP contribution in [0.1, 0.15) is 19.8 Å². The Morgan fingerprint density at radius 3 is 3.27 bits per heavy atom. The van der Waals surface area contributed by atoms with Crippen LogP contribution in [0, 0.1) is 5.92 Å². The lowest BCUT2D eigenvalue weighted by atomic mass is 9.88. The lowest BCUT2D eigenvalue weighted by Gasteiger charge is -2.28. The molecule has 82 valence electrons. The molecule has 2 atom stereocenters. The van der Waals surface area contributed by atoms with Crippen LogP contribution in [0.15, 0.2) is 21.8 Å². The van der Waals surface area contributed by atoms with Crippen molar-refractivity contribution >= 4 is 28.4 Å². The van der Waals surface area contributed by atoms with Crippen LogP contribution in [0.2, 0.25) is 0 Å². The van der Waals surface area contributed by atoms with Crippen molar-refractivity contribution in [1.82, 2.24) is 4.90 Å². The summed E-state index contributed by atoms with van der Waals surface area (Å²) >= 11 is 2.38. The van der Waals surface area contributed by atoms with E-state index in [0.29, 0.717) is 11.8 Å². The maximum atomic E-state index is 11.6. The molecule has 0 aromatic rings. The van der Waals surface area contributed by atoms with E-state index in [1.165, 1.54) is 3.58 Å². The summed E-state index contributed by atoms with van der Waals surface area (Å²) in [6.45, 7) is 4.16. The average molecular weight is 317 g/mol. The number of nitrogens with zero attached hydrogens (tertiary/aromatic N) is 1. The topological polar surface area (TPSA) is 20.3 Å². The first-order valence-electron chi connectivity index (χ1n) is 5.47. The van der Waals surface area contributed by atoms with Gasteiger partial charge in [0, 0.05) is 22.1 Å². The molecule has 1 fully saturated rings. The van der Waals surface area contributed by atoms with Crippen molar-refractivity contribution in [2.45, 2.75) is 25.8 Å². The van der Waals surface area contributed by atoms with Gasteiger partial charge in [-0.25, -0.2) is 0 Å². The van der Waals surface area contributed by atoms with Crippen LogP contribution in [0.4, 0.5) is 0 Å². The highest BCUT2D eigenvalue weighted by Crippen LogP contribution is 2.32. The van der Waals surface area contributed by atoms with Gasteiger partial charge in [-0.15, -0.1) is 0 Å². The monoisotopic (exact) mass is 317 g/mol. The number of halogens is 1. The van der Waals surface area contributed by atoms with Crippen molar-refractivity contribution in [3.63, 3.8) is 0 Å². The molecule has 1 aliphatic heterocycles. The molecule has 0 spiro atoms.